The van der Waals surface area contributed by atoms with Gasteiger partial charge in [0.25, 0.3) is 0 Å². The highest BCUT2D eigenvalue weighted by Crippen LogP contribution is 2.02. The summed E-state index contributed by atoms with van der Waals surface area (Å²) in [5, 5.41) is 2.69. The van der Waals surface area contributed by atoms with E-state index in [0.717, 1.165) is 6.42 Å². The van der Waals surface area contributed by atoms with E-state index in [2.05, 4.69) is 5.32 Å². The van der Waals surface area contributed by atoms with Crippen LogP contribution < -0.4 is 11.1 Å². The van der Waals surface area contributed by atoms with E-state index in [1.807, 2.05) is 6.92 Å². The largest absolute Gasteiger partial charge is 0.356 e. The zero-order chi connectivity index (χ0) is 8.69. The van der Waals surface area contributed by atoms with Crippen LogP contribution in [0.1, 0.15) is 19.8 Å². The van der Waals surface area contributed by atoms with Crippen molar-refractivity contribution in [3.8, 4) is 0 Å². The van der Waals surface area contributed by atoms with Crippen LogP contribution in [0, 0.1) is 0 Å². The molecule has 0 spiro atoms. The minimum absolute atomic E-state index is 0.0825. The van der Waals surface area contributed by atoms with Gasteiger partial charge in [0.2, 0.25) is 5.91 Å². The van der Waals surface area contributed by atoms with Crippen LogP contribution in [0.15, 0.2) is 0 Å². The molecule has 0 saturated heterocycles. The molecule has 0 aromatic heterocycles. The van der Waals surface area contributed by atoms with E-state index in [-0.39, 0.29) is 11.7 Å². The molecule has 0 aliphatic heterocycles. The lowest BCUT2D eigenvalue weighted by Gasteiger charge is -2.08. The summed E-state index contributed by atoms with van der Waals surface area (Å²) in [4.78, 5) is 11.0. The summed E-state index contributed by atoms with van der Waals surface area (Å²) in [6, 6.07) is 0. The number of nitrogens with one attached hydrogen (secondary N) is 1. The quantitative estimate of drug-likeness (QED) is 0.426. The van der Waals surface area contributed by atoms with E-state index in [4.69, 9.17) is 13.6 Å². The lowest BCUT2D eigenvalue weighted by molar-refractivity contribution is -0.121. The van der Waals surface area contributed by atoms with Crippen LogP contribution in [0.3, 0.4) is 0 Å². The van der Waals surface area contributed by atoms with E-state index in [0.29, 0.717) is 19.5 Å². The molecule has 0 aromatic carbocycles. The first-order valence-electron chi connectivity index (χ1n) is 3.95. The second-order valence-corrected chi connectivity index (χ2v) is 2.45. The molecule has 1 amide bonds. The molecule has 0 aromatic rings. The second-order valence-electron chi connectivity index (χ2n) is 2.45. The molecule has 0 rings (SSSR count). The van der Waals surface area contributed by atoms with Gasteiger partial charge in [-0.25, -0.2) is 0 Å². The van der Waals surface area contributed by atoms with Gasteiger partial charge in [-0.3, -0.25) is 4.79 Å². The molecule has 2 radical (unpaired) electrons. The van der Waals surface area contributed by atoms with Crippen LogP contribution in [-0.2, 0) is 4.79 Å². The van der Waals surface area contributed by atoms with Crippen molar-refractivity contribution in [1.29, 1.82) is 0 Å². The first-order valence-corrected chi connectivity index (χ1v) is 3.95. The molecule has 0 fully saturated rings. The third-order valence-electron chi connectivity index (χ3n) is 1.46. The lowest BCUT2D eigenvalue weighted by atomic mass is 9.84. The zero-order valence-corrected chi connectivity index (χ0v) is 6.97. The zero-order valence-electron chi connectivity index (χ0n) is 6.97. The van der Waals surface area contributed by atoms with Crippen molar-refractivity contribution in [2.45, 2.75) is 25.6 Å². The number of carbonyl (C=O) groups excluding carboxylic acids is 1. The van der Waals surface area contributed by atoms with Crippen LogP contribution in [0.25, 0.3) is 0 Å². The first-order chi connectivity index (χ1) is 5.22. The van der Waals surface area contributed by atoms with Gasteiger partial charge < -0.3 is 11.1 Å². The lowest BCUT2D eigenvalue weighted by Crippen LogP contribution is -2.29. The van der Waals surface area contributed by atoms with Gasteiger partial charge in [0.1, 0.15) is 0 Å². The minimum Gasteiger partial charge on any atom is -0.356 e. The number of hydrogen-bond donors (Lipinski definition) is 2. The highest BCUT2D eigenvalue weighted by atomic mass is 16.1. The van der Waals surface area contributed by atoms with Gasteiger partial charge in [0, 0.05) is 6.54 Å². The van der Waals surface area contributed by atoms with Crippen molar-refractivity contribution in [2.75, 3.05) is 13.1 Å². The molecular formula is C7H15BN2O. The molecular weight excluding hydrogens is 139 g/mol. The van der Waals surface area contributed by atoms with Gasteiger partial charge in [-0.1, -0.05) is 13.3 Å². The maximum Gasteiger partial charge on any atom is 0.214 e. The molecule has 11 heavy (non-hydrogen) atoms. The Hall–Kier alpha value is -0.505. The Morgan fingerprint density at radius 3 is 2.82 bits per heavy atom. The van der Waals surface area contributed by atoms with Gasteiger partial charge in [0.05, 0.1) is 7.85 Å². The van der Waals surface area contributed by atoms with E-state index in [1.54, 1.807) is 0 Å². The number of carbonyl (C=O) groups is 1. The molecule has 3 N–H and O–H groups in total. The summed E-state index contributed by atoms with van der Waals surface area (Å²) >= 11 is 0. The van der Waals surface area contributed by atoms with Crippen LogP contribution in [-0.4, -0.2) is 26.8 Å². The fourth-order valence-electron chi connectivity index (χ4n) is 0.630. The van der Waals surface area contributed by atoms with Crippen LogP contribution in [0.5, 0.6) is 0 Å². The Kier molecular flexibility index (Phi) is 5.94. The Balaban J connectivity index is 3.36. The summed E-state index contributed by atoms with van der Waals surface area (Å²) in [5.74, 6) is -0.450. The van der Waals surface area contributed by atoms with E-state index < -0.39 is 0 Å². The van der Waals surface area contributed by atoms with Gasteiger partial charge in [-0.15, -0.1) is 0 Å². The fraction of sp³-hybridized carbons (Fsp3) is 0.857. The van der Waals surface area contributed by atoms with E-state index >= 15 is 0 Å². The third kappa shape index (κ3) is 4.84. The summed E-state index contributed by atoms with van der Waals surface area (Å²) in [6.07, 6.45) is 1.48. The average molecular weight is 154 g/mol. The molecule has 62 valence electrons. The highest BCUT2D eigenvalue weighted by Gasteiger charge is 2.07. The smallest absolute Gasteiger partial charge is 0.214 e. The van der Waals surface area contributed by atoms with Gasteiger partial charge in [-0.2, -0.15) is 0 Å². The van der Waals surface area contributed by atoms with E-state index in [1.165, 1.54) is 0 Å². The average Bonchev–Trinajstić information content (AvgIpc) is 2.03. The van der Waals surface area contributed by atoms with Crippen molar-refractivity contribution in [1.82, 2.24) is 5.32 Å². The van der Waals surface area contributed by atoms with Crippen LogP contribution >= 0.6 is 0 Å². The van der Waals surface area contributed by atoms with Gasteiger partial charge >= 0.3 is 0 Å². The summed E-state index contributed by atoms with van der Waals surface area (Å²) < 4.78 is 0. The molecule has 0 aliphatic carbocycles. The maximum atomic E-state index is 11.0. The predicted molar refractivity (Wildman–Crippen MR) is 46.5 cm³/mol. The van der Waals surface area contributed by atoms with E-state index in [9.17, 15) is 4.79 Å². The van der Waals surface area contributed by atoms with Crippen molar-refractivity contribution < 1.29 is 4.79 Å². The maximum absolute atomic E-state index is 11.0. The van der Waals surface area contributed by atoms with Crippen molar-refractivity contribution in [2.24, 2.45) is 5.73 Å². The van der Waals surface area contributed by atoms with Crippen molar-refractivity contribution in [3.05, 3.63) is 0 Å². The van der Waals surface area contributed by atoms with Crippen molar-refractivity contribution >= 4 is 13.8 Å². The Bertz CT molecular complexity index is 119. The van der Waals surface area contributed by atoms with Crippen LogP contribution in [0.2, 0.25) is 5.82 Å². The third-order valence-corrected chi connectivity index (χ3v) is 1.46. The predicted octanol–water partition coefficient (Wildman–Crippen LogP) is -0.182. The number of nitrogens with two attached hydrogens (primary N) is 1. The summed E-state index contributed by atoms with van der Waals surface area (Å²) in [6.45, 7) is 3.11. The number of amides is 1. The molecule has 0 aliphatic rings. The number of hydrogen-bond acceptors (Lipinski definition) is 2. The topological polar surface area (TPSA) is 55.1 Å². The molecule has 1 atom stereocenters. The van der Waals surface area contributed by atoms with Crippen molar-refractivity contribution in [3.63, 3.8) is 0 Å². The molecule has 3 nitrogen and oxygen atoms in total. The SMILES string of the molecule is [B]C(CC)C(=O)NCCCN. The summed E-state index contributed by atoms with van der Waals surface area (Å²) in [5.41, 5.74) is 5.24. The monoisotopic (exact) mass is 154 g/mol. The standard InChI is InChI=1S/C7H15BN2O/c1-2-6(8)7(11)10-5-3-4-9/h6H,2-5,9H2,1H3,(H,10,11). The molecule has 4 heteroatoms. The summed E-state index contributed by atoms with van der Waals surface area (Å²) in [7, 11) is 5.46. The van der Waals surface area contributed by atoms with Gasteiger partial charge in [0.15, 0.2) is 0 Å². The Labute approximate surface area is 69.1 Å². The fourth-order valence-corrected chi connectivity index (χ4v) is 0.630. The van der Waals surface area contributed by atoms with Gasteiger partial charge in [-0.05, 0) is 18.8 Å². The Morgan fingerprint density at radius 1 is 1.73 bits per heavy atom. The molecule has 0 heterocycles. The minimum atomic E-state index is -0.368. The Morgan fingerprint density at radius 2 is 2.36 bits per heavy atom. The second kappa shape index (κ2) is 6.22. The number of rotatable bonds is 5. The molecule has 0 bridgehead atoms. The normalized spacial score (nSPS) is 12.5. The molecule has 1 unspecified atom stereocenters. The highest BCUT2D eigenvalue weighted by molar-refractivity contribution is 6.23. The van der Waals surface area contributed by atoms with Crippen LogP contribution in [0.4, 0.5) is 0 Å². The molecule has 0 saturated carbocycles. The first kappa shape index (κ1) is 10.5.